The van der Waals surface area contributed by atoms with E-state index in [-0.39, 0.29) is 19.3 Å². The lowest BCUT2D eigenvalue weighted by Crippen LogP contribution is -2.37. The molecule has 0 atom stereocenters. The molecule has 0 amide bonds. The third kappa shape index (κ3) is 3.33. The van der Waals surface area contributed by atoms with Crippen LogP contribution in [-0.2, 0) is 11.3 Å². The lowest BCUT2D eigenvalue weighted by molar-refractivity contribution is 0.0159. The first-order chi connectivity index (χ1) is 8.74. The van der Waals surface area contributed by atoms with Crippen molar-refractivity contribution in [1.29, 1.82) is 0 Å². The standard InChI is InChI=1S/C11H17ClN2O3S/c12-10-9(7-16)18-11(13-10)14-3-1-8(2-4-14)17-6-5-15/h8,15-16H,1-7H2. The van der Waals surface area contributed by atoms with Crippen LogP contribution in [0.2, 0.25) is 5.15 Å². The summed E-state index contributed by atoms with van der Waals surface area (Å²) < 4.78 is 5.51. The summed E-state index contributed by atoms with van der Waals surface area (Å²) in [5.41, 5.74) is 0. The maximum atomic E-state index is 9.09. The second-order valence-electron chi connectivity index (χ2n) is 4.15. The van der Waals surface area contributed by atoms with Crippen molar-refractivity contribution in [2.24, 2.45) is 0 Å². The summed E-state index contributed by atoms with van der Waals surface area (Å²) in [6.45, 7) is 2.15. The van der Waals surface area contributed by atoms with Crippen LogP contribution < -0.4 is 4.90 Å². The smallest absolute Gasteiger partial charge is 0.187 e. The topological polar surface area (TPSA) is 65.8 Å². The molecule has 1 aliphatic rings. The van der Waals surface area contributed by atoms with Gasteiger partial charge in [0.05, 0.1) is 30.8 Å². The Balaban J connectivity index is 1.88. The van der Waals surface area contributed by atoms with Crippen LogP contribution in [0.5, 0.6) is 0 Å². The van der Waals surface area contributed by atoms with Gasteiger partial charge in [0, 0.05) is 13.1 Å². The van der Waals surface area contributed by atoms with Gasteiger partial charge in [0.2, 0.25) is 0 Å². The lowest BCUT2D eigenvalue weighted by atomic mass is 10.1. The molecule has 2 rings (SSSR count). The highest BCUT2D eigenvalue weighted by molar-refractivity contribution is 7.16. The monoisotopic (exact) mass is 292 g/mol. The number of hydrogen-bond donors (Lipinski definition) is 2. The molecule has 0 aromatic carbocycles. The first-order valence-corrected chi connectivity index (χ1v) is 7.17. The van der Waals surface area contributed by atoms with E-state index < -0.39 is 0 Å². The Labute approximate surface area is 115 Å². The van der Waals surface area contributed by atoms with Crippen molar-refractivity contribution in [2.75, 3.05) is 31.2 Å². The molecule has 1 aromatic rings. The Morgan fingerprint density at radius 2 is 2.11 bits per heavy atom. The van der Waals surface area contributed by atoms with E-state index in [2.05, 4.69) is 9.88 Å². The van der Waals surface area contributed by atoms with Gasteiger partial charge in [0.1, 0.15) is 5.15 Å². The second kappa shape index (κ2) is 6.68. The molecule has 1 saturated heterocycles. The molecule has 0 saturated carbocycles. The number of ether oxygens (including phenoxy) is 1. The average Bonchev–Trinajstić information content (AvgIpc) is 2.78. The minimum Gasteiger partial charge on any atom is -0.394 e. The third-order valence-corrected chi connectivity index (χ3v) is 4.46. The van der Waals surface area contributed by atoms with E-state index in [0.29, 0.717) is 16.6 Å². The number of aliphatic hydroxyl groups excluding tert-OH is 2. The zero-order valence-electron chi connectivity index (χ0n) is 10.0. The molecule has 0 radical (unpaired) electrons. The lowest BCUT2D eigenvalue weighted by Gasteiger charge is -2.31. The van der Waals surface area contributed by atoms with Gasteiger partial charge < -0.3 is 19.8 Å². The van der Waals surface area contributed by atoms with Gasteiger partial charge in [-0.2, -0.15) is 0 Å². The van der Waals surface area contributed by atoms with Gasteiger partial charge in [0.15, 0.2) is 5.13 Å². The number of thiazole rings is 1. The number of aromatic nitrogens is 1. The Bertz CT molecular complexity index is 380. The van der Waals surface area contributed by atoms with Crippen LogP contribution in [-0.4, -0.2) is 47.6 Å². The van der Waals surface area contributed by atoms with E-state index in [4.69, 9.17) is 26.6 Å². The minimum absolute atomic E-state index is 0.0629. The molecular weight excluding hydrogens is 276 g/mol. The Morgan fingerprint density at radius 1 is 1.39 bits per heavy atom. The van der Waals surface area contributed by atoms with Gasteiger partial charge in [-0.1, -0.05) is 22.9 Å². The molecule has 0 spiro atoms. The van der Waals surface area contributed by atoms with Crippen LogP contribution in [0.15, 0.2) is 0 Å². The van der Waals surface area contributed by atoms with Gasteiger partial charge in [-0.05, 0) is 12.8 Å². The summed E-state index contributed by atoms with van der Waals surface area (Å²) in [6, 6.07) is 0. The molecular formula is C11H17ClN2O3S. The fourth-order valence-corrected chi connectivity index (χ4v) is 3.16. The SMILES string of the molecule is OCCOC1CCN(c2nc(Cl)c(CO)s2)CC1. The first kappa shape index (κ1) is 14.0. The van der Waals surface area contributed by atoms with E-state index in [1.54, 1.807) is 0 Å². The molecule has 18 heavy (non-hydrogen) atoms. The maximum absolute atomic E-state index is 9.09. The predicted molar refractivity (Wildman–Crippen MR) is 71.3 cm³/mol. The summed E-state index contributed by atoms with van der Waals surface area (Å²) in [5, 5.41) is 19.1. The average molecular weight is 293 g/mol. The van der Waals surface area contributed by atoms with E-state index in [0.717, 1.165) is 31.1 Å². The fraction of sp³-hybridized carbons (Fsp3) is 0.727. The maximum Gasteiger partial charge on any atom is 0.187 e. The van der Waals surface area contributed by atoms with E-state index in [1.165, 1.54) is 11.3 Å². The van der Waals surface area contributed by atoms with Crippen LogP contribution in [0.4, 0.5) is 5.13 Å². The quantitative estimate of drug-likeness (QED) is 0.855. The normalized spacial score (nSPS) is 17.4. The van der Waals surface area contributed by atoms with Crippen molar-refractivity contribution in [3.8, 4) is 0 Å². The Kier molecular flexibility index (Phi) is 5.20. The zero-order chi connectivity index (χ0) is 13.0. The van der Waals surface area contributed by atoms with Gasteiger partial charge in [0.25, 0.3) is 0 Å². The molecule has 102 valence electrons. The van der Waals surface area contributed by atoms with Crippen molar-refractivity contribution >= 4 is 28.1 Å². The second-order valence-corrected chi connectivity index (χ2v) is 5.57. The van der Waals surface area contributed by atoms with Crippen LogP contribution >= 0.6 is 22.9 Å². The molecule has 1 fully saturated rings. The van der Waals surface area contributed by atoms with Crippen molar-refractivity contribution in [2.45, 2.75) is 25.6 Å². The van der Waals surface area contributed by atoms with E-state index in [1.807, 2.05) is 0 Å². The summed E-state index contributed by atoms with van der Waals surface area (Å²) in [7, 11) is 0. The van der Waals surface area contributed by atoms with E-state index in [9.17, 15) is 0 Å². The third-order valence-electron chi connectivity index (χ3n) is 2.94. The molecule has 1 aromatic heterocycles. The molecule has 1 aliphatic heterocycles. The predicted octanol–water partition coefficient (Wildman–Crippen LogP) is 1.27. The number of rotatable bonds is 5. The first-order valence-electron chi connectivity index (χ1n) is 5.98. The Morgan fingerprint density at radius 3 is 2.67 bits per heavy atom. The number of anilines is 1. The van der Waals surface area contributed by atoms with Crippen LogP contribution in [0.25, 0.3) is 0 Å². The largest absolute Gasteiger partial charge is 0.394 e. The van der Waals surface area contributed by atoms with Crippen LogP contribution in [0, 0.1) is 0 Å². The summed E-state index contributed by atoms with van der Waals surface area (Å²) >= 11 is 7.36. The molecule has 0 unspecified atom stereocenters. The zero-order valence-corrected chi connectivity index (χ0v) is 11.6. The molecule has 0 bridgehead atoms. The van der Waals surface area contributed by atoms with Crippen molar-refractivity contribution in [1.82, 2.24) is 4.98 Å². The molecule has 0 aliphatic carbocycles. The summed E-state index contributed by atoms with van der Waals surface area (Å²) in [6.07, 6.45) is 2.07. The van der Waals surface area contributed by atoms with Crippen LogP contribution in [0.1, 0.15) is 17.7 Å². The van der Waals surface area contributed by atoms with Crippen molar-refractivity contribution in [3.05, 3.63) is 10.0 Å². The number of halogens is 1. The molecule has 7 heteroatoms. The van der Waals surface area contributed by atoms with Gasteiger partial charge in [-0.3, -0.25) is 0 Å². The fourth-order valence-electron chi connectivity index (χ4n) is 1.99. The number of aliphatic hydroxyl groups is 2. The number of nitrogens with zero attached hydrogens (tertiary/aromatic N) is 2. The highest BCUT2D eigenvalue weighted by Gasteiger charge is 2.22. The minimum atomic E-state index is -0.0629. The van der Waals surface area contributed by atoms with Gasteiger partial charge >= 0.3 is 0 Å². The molecule has 5 nitrogen and oxygen atoms in total. The van der Waals surface area contributed by atoms with Crippen molar-refractivity contribution in [3.63, 3.8) is 0 Å². The van der Waals surface area contributed by atoms with E-state index >= 15 is 0 Å². The van der Waals surface area contributed by atoms with Crippen molar-refractivity contribution < 1.29 is 14.9 Å². The molecule has 2 heterocycles. The highest BCUT2D eigenvalue weighted by atomic mass is 35.5. The summed E-state index contributed by atoms with van der Waals surface area (Å²) in [4.78, 5) is 7.14. The highest BCUT2D eigenvalue weighted by Crippen LogP contribution is 2.31. The van der Waals surface area contributed by atoms with Gasteiger partial charge in [-0.25, -0.2) is 4.98 Å². The van der Waals surface area contributed by atoms with Crippen LogP contribution in [0.3, 0.4) is 0 Å². The summed E-state index contributed by atoms with van der Waals surface area (Å²) in [5.74, 6) is 0. The number of hydrogen-bond acceptors (Lipinski definition) is 6. The number of piperidine rings is 1. The van der Waals surface area contributed by atoms with Gasteiger partial charge in [-0.15, -0.1) is 0 Å². The Hall–Kier alpha value is -0.400. The molecule has 2 N–H and O–H groups in total.